The van der Waals surface area contributed by atoms with E-state index in [1.807, 2.05) is 11.9 Å². The number of amides is 2. The van der Waals surface area contributed by atoms with Crippen molar-refractivity contribution >= 4 is 38.3 Å². The van der Waals surface area contributed by atoms with Gasteiger partial charge in [-0.15, -0.1) is 10.2 Å². The molecule has 120 valence electrons. The number of fused-ring (bicyclic) bond motifs is 1. The number of carbonyl (C=O) groups is 2. The number of aromatic nitrogens is 2. The molecule has 2 saturated heterocycles. The van der Waals surface area contributed by atoms with Crippen LogP contribution in [0.2, 0.25) is 0 Å². The Bertz CT molecular complexity index is 760. The third kappa shape index (κ3) is 2.16. The van der Waals surface area contributed by atoms with Crippen LogP contribution >= 0.6 is 11.3 Å². The molecule has 2 aliphatic rings. The highest BCUT2D eigenvalue weighted by atomic mass is 32.2. The first kappa shape index (κ1) is 15.5. The Morgan fingerprint density at radius 3 is 2.64 bits per heavy atom. The van der Waals surface area contributed by atoms with Crippen LogP contribution in [0, 0.1) is 11.3 Å². The van der Waals surface area contributed by atoms with E-state index in [9.17, 15) is 18.0 Å². The lowest BCUT2D eigenvalue weighted by atomic mass is 9.73. The fourth-order valence-electron chi connectivity index (χ4n) is 2.91. The highest BCUT2D eigenvalue weighted by Crippen LogP contribution is 2.46. The number of nitrogens with two attached hydrogens (primary N) is 1. The van der Waals surface area contributed by atoms with Gasteiger partial charge in [-0.25, -0.2) is 18.5 Å². The highest BCUT2D eigenvalue weighted by Gasteiger charge is 2.59. The van der Waals surface area contributed by atoms with Crippen molar-refractivity contribution in [3.05, 3.63) is 0 Å². The topological polar surface area (TPSA) is 127 Å². The first-order valence-corrected chi connectivity index (χ1v) is 8.94. The number of hydrogen-bond acceptors (Lipinski definition) is 8. The zero-order valence-electron chi connectivity index (χ0n) is 12.0. The Kier molecular flexibility index (Phi) is 3.36. The summed E-state index contributed by atoms with van der Waals surface area (Å²) in [5, 5.41) is 12.0. The number of nitrogens with zero attached hydrogens (tertiary/aromatic N) is 4. The van der Waals surface area contributed by atoms with Gasteiger partial charge in [0.1, 0.15) is 0 Å². The number of likely N-dealkylation sites (tertiary alicyclic amines) is 1. The van der Waals surface area contributed by atoms with Crippen LogP contribution in [0.1, 0.15) is 13.3 Å². The van der Waals surface area contributed by atoms with Crippen LogP contribution in [0.25, 0.3) is 0 Å². The molecule has 2 unspecified atom stereocenters. The van der Waals surface area contributed by atoms with Gasteiger partial charge in [-0.2, -0.15) is 0 Å². The second-order valence-corrected chi connectivity index (χ2v) is 8.55. The van der Waals surface area contributed by atoms with Crippen molar-refractivity contribution in [3.63, 3.8) is 0 Å². The number of rotatable bonds is 2. The summed E-state index contributed by atoms with van der Waals surface area (Å²) < 4.78 is 22.1. The quantitative estimate of drug-likeness (QED) is 0.539. The Labute approximate surface area is 131 Å². The van der Waals surface area contributed by atoms with Crippen molar-refractivity contribution in [2.75, 3.05) is 25.0 Å². The summed E-state index contributed by atoms with van der Waals surface area (Å²) in [6.45, 7) is 2.98. The fourth-order valence-corrected chi connectivity index (χ4v) is 4.34. The van der Waals surface area contributed by atoms with Crippen LogP contribution in [0.3, 0.4) is 0 Å². The molecule has 0 spiro atoms. The number of imide groups is 1. The van der Waals surface area contributed by atoms with Crippen molar-refractivity contribution in [2.45, 2.75) is 17.7 Å². The van der Waals surface area contributed by atoms with Gasteiger partial charge in [0.15, 0.2) is 0 Å². The van der Waals surface area contributed by atoms with Gasteiger partial charge in [-0.1, -0.05) is 11.3 Å². The molecule has 2 atom stereocenters. The maximum atomic E-state index is 12.7. The lowest BCUT2D eigenvalue weighted by Gasteiger charge is -2.36. The van der Waals surface area contributed by atoms with E-state index in [0.29, 0.717) is 24.3 Å². The molecule has 0 saturated carbocycles. The SMILES string of the molecule is CN1CCC2(C)C(=O)N(c3nnc(S(N)(=O)=O)s3)C(=O)C2C1. The van der Waals surface area contributed by atoms with Gasteiger partial charge in [0.25, 0.3) is 10.0 Å². The summed E-state index contributed by atoms with van der Waals surface area (Å²) in [6, 6.07) is 0. The van der Waals surface area contributed by atoms with E-state index in [2.05, 4.69) is 10.2 Å². The molecule has 1 aromatic rings. The Morgan fingerprint density at radius 1 is 1.36 bits per heavy atom. The van der Waals surface area contributed by atoms with E-state index in [-0.39, 0.29) is 16.9 Å². The minimum Gasteiger partial charge on any atom is -0.306 e. The van der Waals surface area contributed by atoms with Crippen LogP contribution < -0.4 is 10.0 Å². The molecular weight excluding hydrogens is 330 g/mol. The van der Waals surface area contributed by atoms with E-state index in [1.165, 1.54) is 0 Å². The van der Waals surface area contributed by atoms with Gasteiger partial charge < -0.3 is 4.90 Å². The van der Waals surface area contributed by atoms with Crippen LogP contribution in [0.5, 0.6) is 0 Å². The fraction of sp³-hybridized carbons (Fsp3) is 0.636. The molecule has 3 heterocycles. The second-order valence-electron chi connectivity index (χ2n) is 5.86. The third-order valence-corrected chi connectivity index (χ3v) is 6.54. The molecule has 3 rings (SSSR count). The van der Waals surface area contributed by atoms with Gasteiger partial charge in [0.2, 0.25) is 21.3 Å². The highest BCUT2D eigenvalue weighted by molar-refractivity contribution is 7.91. The average Bonchev–Trinajstić information content (AvgIpc) is 2.96. The lowest BCUT2D eigenvalue weighted by molar-refractivity contribution is -0.129. The molecule has 0 aromatic carbocycles. The maximum Gasteiger partial charge on any atom is 0.267 e. The van der Waals surface area contributed by atoms with E-state index < -0.39 is 25.7 Å². The summed E-state index contributed by atoms with van der Waals surface area (Å²) in [7, 11) is -2.12. The van der Waals surface area contributed by atoms with Crippen molar-refractivity contribution in [2.24, 2.45) is 16.5 Å². The van der Waals surface area contributed by atoms with Gasteiger partial charge in [-0.3, -0.25) is 9.59 Å². The van der Waals surface area contributed by atoms with Gasteiger partial charge in [-0.05, 0) is 26.9 Å². The van der Waals surface area contributed by atoms with Crippen molar-refractivity contribution in [1.29, 1.82) is 0 Å². The smallest absolute Gasteiger partial charge is 0.267 e. The summed E-state index contributed by atoms with van der Waals surface area (Å²) in [5.74, 6) is -1.18. The molecule has 0 bridgehead atoms. The molecule has 22 heavy (non-hydrogen) atoms. The van der Waals surface area contributed by atoms with Gasteiger partial charge in [0.05, 0.1) is 11.3 Å². The first-order chi connectivity index (χ1) is 10.1. The monoisotopic (exact) mass is 345 g/mol. The van der Waals surface area contributed by atoms with E-state index >= 15 is 0 Å². The minimum atomic E-state index is -4.01. The number of anilines is 1. The van der Waals surface area contributed by atoms with Crippen LogP contribution in [-0.2, 0) is 19.6 Å². The largest absolute Gasteiger partial charge is 0.306 e. The van der Waals surface area contributed by atoms with Crippen LogP contribution in [0.15, 0.2) is 4.34 Å². The summed E-state index contributed by atoms with van der Waals surface area (Å²) in [4.78, 5) is 28.2. The Morgan fingerprint density at radius 2 is 2.05 bits per heavy atom. The molecule has 2 N–H and O–H groups in total. The molecule has 2 amide bonds. The molecule has 2 aliphatic heterocycles. The predicted molar refractivity (Wildman–Crippen MR) is 77.5 cm³/mol. The minimum absolute atomic E-state index is 0.0442. The number of sulfonamides is 1. The van der Waals surface area contributed by atoms with Crippen molar-refractivity contribution in [1.82, 2.24) is 15.1 Å². The number of hydrogen-bond donors (Lipinski definition) is 1. The summed E-state index contributed by atoms with van der Waals surface area (Å²) >= 11 is 0.625. The van der Waals surface area contributed by atoms with E-state index in [1.54, 1.807) is 6.92 Å². The van der Waals surface area contributed by atoms with E-state index in [0.717, 1.165) is 11.4 Å². The predicted octanol–water partition coefficient (Wildman–Crippen LogP) is -0.983. The zero-order valence-corrected chi connectivity index (χ0v) is 13.6. The van der Waals surface area contributed by atoms with Crippen LogP contribution in [-0.4, -0.2) is 55.5 Å². The molecular formula is C11H15N5O4S2. The van der Waals surface area contributed by atoms with E-state index in [4.69, 9.17) is 5.14 Å². The molecule has 11 heteroatoms. The standard InChI is InChI=1S/C11H15N5O4S2/c1-11-3-4-15(2)5-6(11)7(17)16(8(11)18)9-13-14-10(21-9)22(12,19)20/h6H,3-5H2,1-2H3,(H2,12,19,20). The van der Waals surface area contributed by atoms with Gasteiger partial charge in [0, 0.05) is 6.54 Å². The van der Waals surface area contributed by atoms with Gasteiger partial charge >= 0.3 is 0 Å². The Hall–Kier alpha value is -1.43. The molecule has 9 nitrogen and oxygen atoms in total. The van der Waals surface area contributed by atoms with Crippen molar-refractivity contribution in [3.8, 4) is 0 Å². The first-order valence-electron chi connectivity index (χ1n) is 6.58. The molecule has 0 aliphatic carbocycles. The molecule has 0 radical (unpaired) electrons. The zero-order chi connectivity index (χ0) is 16.3. The Balaban J connectivity index is 2.00. The van der Waals surface area contributed by atoms with Crippen molar-refractivity contribution < 1.29 is 18.0 Å². The normalized spacial score (nSPS) is 30.0. The summed E-state index contributed by atoms with van der Waals surface area (Å²) in [5.41, 5.74) is -0.781. The summed E-state index contributed by atoms with van der Waals surface area (Å²) in [6.07, 6.45) is 0.566. The molecule has 2 fully saturated rings. The number of carbonyl (C=O) groups excluding carboxylic acids is 2. The third-order valence-electron chi connectivity index (χ3n) is 4.32. The second kappa shape index (κ2) is 4.78. The number of piperidine rings is 1. The average molecular weight is 345 g/mol. The number of primary sulfonamides is 1. The lowest BCUT2D eigenvalue weighted by Crippen LogP contribution is -2.46. The maximum absolute atomic E-state index is 12.7. The van der Waals surface area contributed by atoms with Crippen LogP contribution in [0.4, 0.5) is 5.13 Å². The molecule has 1 aromatic heterocycles.